The van der Waals surface area contributed by atoms with Crippen LogP contribution in [0.3, 0.4) is 0 Å². The van der Waals surface area contributed by atoms with E-state index in [0.29, 0.717) is 24.1 Å². The van der Waals surface area contributed by atoms with Crippen molar-refractivity contribution in [2.45, 2.75) is 50.7 Å². The van der Waals surface area contributed by atoms with Gasteiger partial charge in [-0.05, 0) is 63.4 Å². The van der Waals surface area contributed by atoms with Crippen molar-refractivity contribution >= 4 is 5.91 Å². The maximum Gasteiger partial charge on any atom is 0.257 e. The molecule has 5 heterocycles. The van der Waals surface area contributed by atoms with Crippen LogP contribution in [0.15, 0.2) is 36.7 Å². The van der Waals surface area contributed by atoms with Crippen LogP contribution in [0, 0.1) is 11.7 Å². The van der Waals surface area contributed by atoms with Crippen molar-refractivity contribution in [3.8, 4) is 0 Å². The van der Waals surface area contributed by atoms with Gasteiger partial charge in [-0.3, -0.25) is 14.4 Å². The predicted molar refractivity (Wildman–Crippen MR) is 105 cm³/mol. The van der Waals surface area contributed by atoms with Gasteiger partial charge in [0.25, 0.3) is 5.91 Å². The van der Waals surface area contributed by atoms with E-state index in [2.05, 4.69) is 28.7 Å². The van der Waals surface area contributed by atoms with Crippen LogP contribution in [0.2, 0.25) is 0 Å². The van der Waals surface area contributed by atoms with E-state index in [0.717, 1.165) is 31.5 Å². The summed E-state index contributed by atoms with van der Waals surface area (Å²) in [6.07, 6.45) is 5.89. The summed E-state index contributed by atoms with van der Waals surface area (Å²) >= 11 is 0. The summed E-state index contributed by atoms with van der Waals surface area (Å²) in [4.78, 5) is 18.1. The largest absolute Gasteiger partial charge is 0.333 e. The highest BCUT2D eigenvalue weighted by atomic mass is 19.1. The van der Waals surface area contributed by atoms with Crippen molar-refractivity contribution in [3.05, 3.63) is 53.6 Å². The van der Waals surface area contributed by atoms with Crippen LogP contribution in [-0.4, -0.2) is 57.2 Å². The molecule has 4 aliphatic rings. The van der Waals surface area contributed by atoms with E-state index in [1.807, 2.05) is 23.0 Å². The molecule has 0 radical (unpaired) electrons. The summed E-state index contributed by atoms with van der Waals surface area (Å²) < 4.78 is 15.3. The first-order chi connectivity index (χ1) is 13.5. The lowest BCUT2D eigenvalue weighted by Gasteiger charge is -2.51. The summed E-state index contributed by atoms with van der Waals surface area (Å²) in [5.41, 5.74) is 1.81. The van der Waals surface area contributed by atoms with Gasteiger partial charge in [-0.2, -0.15) is 5.10 Å². The molecule has 1 amide bonds. The zero-order valence-corrected chi connectivity index (χ0v) is 16.5. The minimum Gasteiger partial charge on any atom is -0.333 e. The molecule has 1 aromatic carbocycles. The highest BCUT2D eigenvalue weighted by molar-refractivity contribution is 5.94. The molecule has 0 N–H and O–H groups in total. The van der Waals surface area contributed by atoms with Gasteiger partial charge in [0.15, 0.2) is 0 Å². The van der Waals surface area contributed by atoms with Crippen molar-refractivity contribution in [1.29, 1.82) is 0 Å². The average Bonchev–Trinajstić information content (AvgIpc) is 3.36. The van der Waals surface area contributed by atoms with Gasteiger partial charge < -0.3 is 4.90 Å². The summed E-state index contributed by atoms with van der Waals surface area (Å²) in [6, 6.07) is 7.68. The van der Waals surface area contributed by atoms with Gasteiger partial charge in [-0.25, -0.2) is 4.39 Å². The van der Waals surface area contributed by atoms with Crippen LogP contribution in [0.25, 0.3) is 0 Å². The third-order valence-corrected chi connectivity index (χ3v) is 6.93. The van der Waals surface area contributed by atoms with Crippen LogP contribution < -0.4 is 0 Å². The minimum atomic E-state index is -0.210. The summed E-state index contributed by atoms with van der Waals surface area (Å²) in [6.45, 7) is 7.03. The number of rotatable bonds is 3. The van der Waals surface area contributed by atoms with Crippen molar-refractivity contribution in [2.75, 3.05) is 19.6 Å². The second-order valence-corrected chi connectivity index (χ2v) is 8.77. The number of aromatic nitrogens is 2. The molecule has 28 heavy (non-hydrogen) atoms. The highest BCUT2D eigenvalue weighted by Crippen LogP contribution is 2.46. The minimum absolute atomic E-state index is 0.0836. The molecule has 3 atom stereocenters. The van der Waals surface area contributed by atoms with E-state index in [1.54, 1.807) is 6.20 Å². The normalized spacial score (nSPS) is 31.4. The first-order valence-corrected chi connectivity index (χ1v) is 10.4. The average molecular weight is 382 g/mol. The number of benzene rings is 1. The van der Waals surface area contributed by atoms with Crippen LogP contribution in [0.5, 0.6) is 0 Å². The first kappa shape index (κ1) is 17.9. The molecular weight excluding hydrogens is 355 g/mol. The molecule has 1 aromatic heterocycles. The Balaban J connectivity index is 1.49. The lowest BCUT2D eigenvalue weighted by molar-refractivity contribution is -0.00341. The van der Waals surface area contributed by atoms with Crippen molar-refractivity contribution in [2.24, 2.45) is 5.92 Å². The number of amides is 1. The zero-order valence-electron chi connectivity index (χ0n) is 16.5. The Morgan fingerprint density at radius 2 is 1.86 bits per heavy atom. The molecule has 4 fully saturated rings. The standard InChI is InChI=1S/C22H27FN4O/c1-14(2)27-12-17(11-24-27)22(28)26-13-19(15-3-5-18(23)6-4-15)21-20(26)16-7-9-25(21)10-8-16/h3-6,11-12,14,16,19-21H,7-10,13H2,1-2H3/t19-,20+,21+/m0/s1. The fourth-order valence-corrected chi connectivity index (χ4v) is 5.55. The van der Waals surface area contributed by atoms with E-state index in [4.69, 9.17) is 0 Å². The quantitative estimate of drug-likeness (QED) is 0.818. The second kappa shape index (κ2) is 6.69. The van der Waals surface area contributed by atoms with Crippen LogP contribution in [0.4, 0.5) is 4.39 Å². The maximum absolute atomic E-state index is 13.5. The number of hydrogen-bond donors (Lipinski definition) is 0. The third kappa shape index (κ3) is 2.77. The maximum atomic E-state index is 13.5. The molecular formula is C22H27FN4O. The van der Waals surface area contributed by atoms with Gasteiger partial charge in [0.2, 0.25) is 0 Å². The highest BCUT2D eigenvalue weighted by Gasteiger charge is 2.54. The number of piperidine rings is 3. The number of nitrogens with zero attached hydrogens (tertiary/aromatic N) is 4. The number of hydrogen-bond acceptors (Lipinski definition) is 3. The van der Waals surface area contributed by atoms with Crippen LogP contribution >= 0.6 is 0 Å². The number of halogens is 1. The fourth-order valence-electron chi connectivity index (χ4n) is 5.55. The van der Waals surface area contributed by atoms with Gasteiger partial charge >= 0.3 is 0 Å². The number of likely N-dealkylation sites (tertiary alicyclic amines) is 1. The molecule has 4 aliphatic heterocycles. The van der Waals surface area contributed by atoms with Crippen molar-refractivity contribution in [1.82, 2.24) is 19.6 Å². The smallest absolute Gasteiger partial charge is 0.257 e. The second-order valence-electron chi connectivity index (χ2n) is 8.77. The Morgan fingerprint density at radius 1 is 1.14 bits per heavy atom. The monoisotopic (exact) mass is 382 g/mol. The lowest BCUT2D eigenvalue weighted by atomic mass is 9.75. The summed E-state index contributed by atoms with van der Waals surface area (Å²) in [5.74, 6) is 0.667. The number of carbonyl (C=O) groups excluding carboxylic acids is 1. The van der Waals surface area contributed by atoms with E-state index >= 15 is 0 Å². The Kier molecular flexibility index (Phi) is 4.27. The topological polar surface area (TPSA) is 41.4 Å². The predicted octanol–water partition coefficient (Wildman–Crippen LogP) is 3.31. The third-order valence-electron chi connectivity index (χ3n) is 6.93. The Labute approximate surface area is 165 Å². The molecule has 4 saturated heterocycles. The van der Waals surface area contributed by atoms with Gasteiger partial charge in [-0.1, -0.05) is 12.1 Å². The Morgan fingerprint density at radius 3 is 2.50 bits per heavy atom. The lowest BCUT2D eigenvalue weighted by Crippen LogP contribution is -2.60. The molecule has 0 spiro atoms. The summed E-state index contributed by atoms with van der Waals surface area (Å²) in [7, 11) is 0. The Bertz CT molecular complexity index is 869. The molecule has 5 nitrogen and oxygen atoms in total. The zero-order chi connectivity index (χ0) is 19.4. The molecule has 0 saturated carbocycles. The number of fused-ring (bicyclic) bond motifs is 2. The van der Waals surface area contributed by atoms with Crippen LogP contribution in [-0.2, 0) is 0 Å². The van der Waals surface area contributed by atoms with E-state index in [1.165, 1.54) is 12.1 Å². The molecule has 0 aliphatic carbocycles. The van der Waals surface area contributed by atoms with Gasteiger partial charge in [-0.15, -0.1) is 0 Å². The first-order valence-electron chi connectivity index (χ1n) is 10.4. The van der Waals surface area contributed by atoms with Crippen molar-refractivity contribution in [3.63, 3.8) is 0 Å². The van der Waals surface area contributed by atoms with E-state index in [-0.39, 0.29) is 29.7 Å². The van der Waals surface area contributed by atoms with Gasteiger partial charge in [0, 0.05) is 30.7 Å². The molecule has 6 heteroatoms. The molecule has 0 unspecified atom stereocenters. The number of carbonyl (C=O) groups is 1. The summed E-state index contributed by atoms with van der Waals surface area (Å²) in [5, 5.41) is 4.36. The molecule has 2 bridgehead atoms. The van der Waals surface area contributed by atoms with E-state index in [9.17, 15) is 9.18 Å². The van der Waals surface area contributed by atoms with Gasteiger partial charge in [0.05, 0.1) is 17.8 Å². The fraction of sp³-hybridized carbons (Fsp3) is 0.545. The Hall–Kier alpha value is -2.21. The van der Waals surface area contributed by atoms with Crippen molar-refractivity contribution < 1.29 is 9.18 Å². The van der Waals surface area contributed by atoms with E-state index < -0.39 is 0 Å². The van der Waals surface area contributed by atoms with Gasteiger partial charge in [0.1, 0.15) is 5.82 Å². The molecule has 2 aromatic rings. The van der Waals surface area contributed by atoms with Crippen LogP contribution in [0.1, 0.15) is 54.6 Å². The molecule has 148 valence electrons. The SMILES string of the molecule is CC(C)n1cc(C(=O)N2C[C@@H](c3ccc(F)cc3)[C@@H]3[C@H]2C2CCN3CC2)cn1. The molecule has 6 rings (SSSR count).